The Morgan fingerprint density at radius 1 is 1.00 bits per heavy atom. The minimum atomic E-state index is -0.751. The first-order valence-electron chi connectivity index (χ1n) is 16.7. The molecule has 9 atom stereocenters. The largest absolute Gasteiger partial charge is 0.469 e. The van der Waals surface area contributed by atoms with Crippen LogP contribution in [0.1, 0.15) is 71.6 Å². The number of methoxy groups -OCH3 is 1. The third-order valence-corrected chi connectivity index (χ3v) is 13.7. The molecular formula is C32H57N4O5+. The number of aliphatic hydroxyl groups is 3. The number of quaternary nitrogens is 1. The zero-order valence-corrected chi connectivity index (χ0v) is 25.9. The van der Waals surface area contributed by atoms with Crippen molar-refractivity contribution in [3.63, 3.8) is 0 Å². The Morgan fingerprint density at radius 3 is 2.44 bits per heavy atom. The molecule has 0 aromatic carbocycles. The predicted octanol–water partition coefficient (Wildman–Crippen LogP) is 1.40. The summed E-state index contributed by atoms with van der Waals surface area (Å²) in [5.74, 6) is 1.38. The van der Waals surface area contributed by atoms with Gasteiger partial charge in [0.2, 0.25) is 0 Å². The number of carbonyl (C=O) groups is 1. The average Bonchev–Trinajstić information content (AvgIpc) is 3.24. The van der Waals surface area contributed by atoms with Gasteiger partial charge in [0.1, 0.15) is 6.67 Å². The van der Waals surface area contributed by atoms with Crippen LogP contribution in [0.3, 0.4) is 0 Å². The molecule has 4 aliphatic carbocycles. The van der Waals surface area contributed by atoms with Crippen LogP contribution in [0.25, 0.3) is 0 Å². The number of rotatable bonds is 6. The van der Waals surface area contributed by atoms with Gasteiger partial charge in [0.05, 0.1) is 51.0 Å². The standard InChI is InChI=1S/C32H57N4O5/c1-30-8-6-25-24(5-10-32(40)21-23(37)4-9-31(25,32)2)26(30)20-27(29(30)39)35-15-18-36(19-16-35,17-7-28(38)41-3)22-34-13-11-33-12-14-34/h23-27,29,33,37,39-40H,4-22H2,1-3H3/q+1/t23-,24+,25-,26-,27-,29-,30-,31+,32+/m0/s1. The summed E-state index contributed by atoms with van der Waals surface area (Å²) in [6.07, 6.45) is 6.95. The van der Waals surface area contributed by atoms with Gasteiger partial charge in [-0.15, -0.1) is 0 Å². The number of ether oxygens (including phenoxy) is 1. The van der Waals surface area contributed by atoms with E-state index < -0.39 is 5.60 Å². The lowest BCUT2D eigenvalue weighted by Gasteiger charge is -2.63. The minimum absolute atomic E-state index is 0.0685. The minimum Gasteiger partial charge on any atom is -0.469 e. The molecule has 0 unspecified atom stereocenters. The van der Waals surface area contributed by atoms with Crippen LogP contribution in [-0.4, -0.2) is 132 Å². The van der Waals surface area contributed by atoms with E-state index in [0.717, 1.165) is 115 Å². The Hall–Kier alpha value is -0.810. The highest BCUT2D eigenvalue weighted by atomic mass is 16.5. The van der Waals surface area contributed by atoms with Crippen LogP contribution >= 0.6 is 0 Å². The Kier molecular flexibility index (Phi) is 8.31. The normalized spacial score (nSPS) is 46.8. The van der Waals surface area contributed by atoms with Gasteiger partial charge in [-0.2, -0.15) is 0 Å². The van der Waals surface area contributed by atoms with Crippen molar-refractivity contribution >= 4 is 5.97 Å². The summed E-state index contributed by atoms with van der Waals surface area (Å²) in [7, 11) is 1.48. The van der Waals surface area contributed by atoms with E-state index in [1.165, 1.54) is 7.11 Å². The van der Waals surface area contributed by atoms with Gasteiger partial charge in [-0.1, -0.05) is 13.8 Å². The Balaban J connectivity index is 1.15. The first-order valence-corrected chi connectivity index (χ1v) is 16.7. The van der Waals surface area contributed by atoms with Crippen molar-refractivity contribution in [3.8, 4) is 0 Å². The highest BCUT2D eigenvalue weighted by Crippen LogP contribution is 2.67. The summed E-state index contributed by atoms with van der Waals surface area (Å²) >= 11 is 0. The Labute approximate surface area is 247 Å². The number of fused-ring (bicyclic) bond motifs is 5. The second-order valence-electron chi connectivity index (χ2n) is 15.4. The average molecular weight is 578 g/mol. The maximum absolute atomic E-state index is 12.1. The lowest BCUT2D eigenvalue weighted by molar-refractivity contribution is -0.941. The maximum Gasteiger partial charge on any atom is 0.311 e. The van der Waals surface area contributed by atoms with Crippen LogP contribution in [0.5, 0.6) is 0 Å². The molecule has 9 heteroatoms. The Morgan fingerprint density at radius 2 is 1.73 bits per heavy atom. The quantitative estimate of drug-likeness (QED) is 0.278. The number of hydrogen-bond donors (Lipinski definition) is 4. The van der Waals surface area contributed by atoms with E-state index in [0.29, 0.717) is 30.6 Å². The van der Waals surface area contributed by atoms with Gasteiger partial charge in [0, 0.05) is 51.7 Å². The van der Waals surface area contributed by atoms with Crippen molar-refractivity contribution in [1.82, 2.24) is 15.1 Å². The van der Waals surface area contributed by atoms with Gasteiger partial charge >= 0.3 is 5.97 Å². The first kappa shape index (κ1) is 30.2. The van der Waals surface area contributed by atoms with E-state index in [-0.39, 0.29) is 35.0 Å². The van der Waals surface area contributed by atoms with Crippen molar-refractivity contribution in [2.24, 2.45) is 28.6 Å². The van der Waals surface area contributed by atoms with E-state index in [1.54, 1.807) is 0 Å². The molecule has 4 saturated carbocycles. The van der Waals surface area contributed by atoms with E-state index >= 15 is 0 Å². The highest BCUT2D eigenvalue weighted by molar-refractivity contribution is 5.69. The lowest BCUT2D eigenvalue weighted by atomic mass is 9.43. The van der Waals surface area contributed by atoms with Gasteiger partial charge < -0.3 is 29.9 Å². The number of piperazine rings is 2. The molecule has 234 valence electrons. The maximum atomic E-state index is 12.1. The molecule has 2 heterocycles. The van der Waals surface area contributed by atoms with E-state index in [9.17, 15) is 20.1 Å². The smallest absolute Gasteiger partial charge is 0.311 e. The number of nitrogens with zero attached hydrogens (tertiary/aromatic N) is 3. The molecule has 0 aromatic rings. The van der Waals surface area contributed by atoms with Crippen molar-refractivity contribution in [1.29, 1.82) is 0 Å². The molecule has 2 aliphatic heterocycles. The molecule has 6 rings (SSSR count). The molecule has 0 aromatic heterocycles. The Bertz CT molecular complexity index is 954. The molecule has 4 N–H and O–H groups in total. The topological polar surface area (TPSA) is 106 Å². The molecular weight excluding hydrogens is 520 g/mol. The molecule has 0 spiro atoms. The molecule has 0 bridgehead atoms. The zero-order chi connectivity index (χ0) is 29.0. The van der Waals surface area contributed by atoms with Gasteiger partial charge in [-0.25, -0.2) is 0 Å². The molecule has 9 nitrogen and oxygen atoms in total. The van der Waals surface area contributed by atoms with Gasteiger partial charge in [0.25, 0.3) is 0 Å². The second-order valence-corrected chi connectivity index (χ2v) is 15.4. The molecule has 6 fully saturated rings. The first-order chi connectivity index (χ1) is 19.5. The van der Waals surface area contributed by atoms with Crippen LogP contribution in [0.2, 0.25) is 0 Å². The third kappa shape index (κ3) is 5.19. The number of esters is 1. The summed E-state index contributed by atoms with van der Waals surface area (Å²) in [5, 5.41) is 37.6. The number of aliphatic hydroxyl groups excluding tert-OH is 2. The van der Waals surface area contributed by atoms with Crippen molar-refractivity contribution < 1.29 is 29.3 Å². The fraction of sp³-hybridized carbons (Fsp3) is 0.969. The number of hydrogen-bond acceptors (Lipinski definition) is 8. The summed E-state index contributed by atoms with van der Waals surface area (Å²) in [4.78, 5) is 17.3. The van der Waals surface area contributed by atoms with Crippen molar-refractivity contribution in [3.05, 3.63) is 0 Å². The van der Waals surface area contributed by atoms with Gasteiger partial charge in [0.15, 0.2) is 0 Å². The van der Waals surface area contributed by atoms with Gasteiger partial charge in [-0.05, 0) is 73.5 Å². The van der Waals surface area contributed by atoms with Crippen LogP contribution in [0.4, 0.5) is 0 Å². The third-order valence-electron chi connectivity index (χ3n) is 13.7. The lowest BCUT2D eigenvalue weighted by Crippen LogP contribution is -2.66. The van der Waals surface area contributed by atoms with E-state index in [2.05, 4.69) is 29.0 Å². The fourth-order valence-electron chi connectivity index (χ4n) is 10.9. The number of carbonyl (C=O) groups excluding carboxylic acids is 1. The number of nitrogens with one attached hydrogen (secondary N) is 1. The molecule has 0 amide bonds. The van der Waals surface area contributed by atoms with Crippen LogP contribution in [0, 0.1) is 28.6 Å². The second kappa shape index (κ2) is 11.3. The van der Waals surface area contributed by atoms with E-state index in [1.807, 2.05) is 0 Å². The van der Waals surface area contributed by atoms with Crippen molar-refractivity contribution in [2.45, 2.75) is 95.5 Å². The van der Waals surface area contributed by atoms with Crippen molar-refractivity contribution in [2.75, 3.05) is 72.7 Å². The van der Waals surface area contributed by atoms with Crippen LogP contribution in [0.15, 0.2) is 0 Å². The summed E-state index contributed by atoms with van der Waals surface area (Å²) in [6, 6.07) is 0.188. The van der Waals surface area contributed by atoms with Crippen LogP contribution < -0.4 is 5.32 Å². The zero-order valence-electron chi connectivity index (χ0n) is 25.9. The SMILES string of the molecule is COC(=O)CC[N+]1(CN2CCNCC2)CCN([C@H]2C[C@H]3[C@@H]4CC[C@@]5(O)C[C@@H](O)CC[C@]5(C)[C@H]4CC[C@]3(C)[C@H]2O)CC1. The van der Waals surface area contributed by atoms with Gasteiger partial charge in [-0.3, -0.25) is 14.6 Å². The molecule has 2 saturated heterocycles. The fourth-order valence-corrected chi connectivity index (χ4v) is 10.9. The molecule has 41 heavy (non-hydrogen) atoms. The molecule has 0 radical (unpaired) electrons. The summed E-state index contributed by atoms with van der Waals surface area (Å²) in [5.41, 5.74) is -0.953. The predicted molar refractivity (Wildman–Crippen MR) is 157 cm³/mol. The monoisotopic (exact) mass is 577 g/mol. The van der Waals surface area contributed by atoms with Crippen LogP contribution in [-0.2, 0) is 9.53 Å². The van der Waals surface area contributed by atoms with E-state index in [4.69, 9.17) is 4.74 Å². The summed E-state index contributed by atoms with van der Waals surface area (Å²) in [6.45, 7) is 14.6. The highest BCUT2D eigenvalue weighted by Gasteiger charge is 2.66. The molecule has 6 aliphatic rings. The summed E-state index contributed by atoms with van der Waals surface area (Å²) < 4.78 is 5.94.